The SMILES string of the molecule is O=C(O)c1ccc(C2CCC(NCc3ccccc3)CC2)cc1. The molecule has 3 heteroatoms. The fraction of sp³-hybridized carbons (Fsp3) is 0.350. The number of carboxylic acid groups (broad SMARTS) is 1. The first kappa shape index (κ1) is 15.8. The van der Waals surface area contributed by atoms with Crippen LogP contribution in [0.25, 0.3) is 0 Å². The lowest BCUT2D eigenvalue weighted by atomic mass is 9.81. The molecule has 0 bridgehead atoms. The maximum atomic E-state index is 10.9. The second kappa shape index (κ2) is 7.42. The summed E-state index contributed by atoms with van der Waals surface area (Å²) in [5.41, 5.74) is 2.97. The molecule has 0 heterocycles. The molecule has 1 aliphatic carbocycles. The predicted molar refractivity (Wildman–Crippen MR) is 91.7 cm³/mol. The first-order chi connectivity index (χ1) is 11.2. The van der Waals surface area contributed by atoms with Gasteiger partial charge in [-0.3, -0.25) is 0 Å². The van der Waals surface area contributed by atoms with Crippen molar-refractivity contribution in [3.8, 4) is 0 Å². The van der Waals surface area contributed by atoms with E-state index in [4.69, 9.17) is 5.11 Å². The van der Waals surface area contributed by atoms with E-state index in [2.05, 4.69) is 29.6 Å². The van der Waals surface area contributed by atoms with E-state index < -0.39 is 5.97 Å². The third kappa shape index (κ3) is 4.20. The number of hydrogen-bond donors (Lipinski definition) is 2. The highest BCUT2D eigenvalue weighted by molar-refractivity contribution is 5.87. The van der Waals surface area contributed by atoms with Crippen LogP contribution >= 0.6 is 0 Å². The Kier molecular flexibility index (Phi) is 5.09. The van der Waals surface area contributed by atoms with E-state index in [9.17, 15) is 4.79 Å². The van der Waals surface area contributed by atoms with Crippen LogP contribution in [0.1, 0.15) is 53.1 Å². The number of nitrogens with one attached hydrogen (secondary N) is 1. The molecule has 0 aliphatic heterocycles. The highest BCUT2D eigenvalue weighted by Gasteiger charge is 2.22. The Hall–Kier alpha value is -2.13. The van der Waals surface area contributed by atoms with E-state index in [1.807, 2.05) is 18.2 Å². The first-order valence-corrected chi connectivity index (χ1v) is 8.33. The van der Waals surface area contributed by atoms with Gasteiger partial charge in [-0.05, 0) is 54.9 Å². The fourth-order valence-electron chi connectivity index (χ4n) is 3.39. The highest BCUT2D eigenvalue weighted by Crippen LogP contribution is 2.33. The van der Waals surface area contributed by atoms with Gasteiger partial charge in [0.05, 0.1) is 5.56 Å². The van der Waals surface area contributed by atoms with Crippen molar-refractivity contribution in [2.24, 2.45) is 0 Å². The van der Waals surface area contributed by atoms with E-state index >= 15 is 0 Å². The van der Waals surface area contributed by atoms with Gasteiger partial charge >= 0.3 is 5.97 Å². The van der Waals surface area contributed by atoms with Crippen molar-refractivity contribution in [1.29, 1.82) is 0 Å². The molecule has 3 rings (SSSR count). The van der Waals surface area contributed by atoms with Crippen LogP contribution in [0, 0.1) is 0 Å². The lowest BCUT2D eigenvalue weighted by molar-refractivity contribution is 0.0697. The number of rotatable bonds is 5. The third-order valence-corrected chi connectivity index (χ3v) is 4.79. The van der Waals surface area contributed by atoms with Crippen molar-refractivity contribution in [3.05, 3.63) is 71.3 Å². The molecule has 23 heavy (non-hydrogen) atoms. The maximum Gasteiger partial charge on any atom is 0.335 e. The second-order valence-electron chi connectivity index (χ2n) is 6.34. The summed E-state index contributed by atoms with van der Waals surface area (Å²) in [5, 5.41) is 12.6. The van der Waals surface area contributed by atoms with E-state index in [0.717, 1.165) is 6.54 Å². The molecule has 2 aromatic rings. The van der Waals surface area contributed by atoms with Gasteiger partial charge in [0, 0.05) is 12.6 Å². The van der Waals surface area contributed by atoms with Crippen molar-refractivity contribution in [2.45, 2.75) is 44.2 Å². The molecular formula is C20H23NO2. The zero-order valence-corrected chi connectivity index (χ0v) is 13.2. The van der Waals surface area contributed by atoms with Gasteiger partial charge in [0.1, 0.15) is 0 Å². The molecular weight excluding hydrogens is 286 g/mol. The lowest BCUT2D eigenvalue weighted by Gasteiger charge is -2.29. The molecule has 0 radical (unpaired) electrons. The predicted octanol–water partition coefficient (Wildman–Crippen LogP) is 4.20. The number of carboxylic acids is 1. The number of hydrogen-bond acceptors (Lipinski definition) is 2. The van der Waals surface area contributed by atoms with Gasteiger partial charge in [0.2, 0.25) is 0 Å². The van der Waals surface area contributed by atoms with E-state index in [1.165, 1.54) is 36.8 Å². The van der Waals surface area contributed by atoms with Gasteiger partial charge in [-0.15, -0.1) is 0 Å². The summed E-state index contributed by atoms with van der Waals surface area (Å²) in [6.45, 7) is 0.934. The lowest BCUT2D eigenvalue weighted by Crippen LogP contribution is -2.32. The van der Waals surface area contributed by atoms with Gasteiger partial charge < -0.3 is 10.4 Å². The van der Waals surface area contributed by atoms with Gasteiger partial charge in [0.25, 0.3) is 0 Å². The Labute approximate surface area is 137 Å². The number of benzene rings is 2. The van der Waals surface area contributed by atoms with Gasteiger partial charge in [-0.25, -0.2) is 4.79 Å². The summed E-state index contributed by atoms with van der Waals surface area (Å²) < 4.78 is 0. The maximum absolute atomic E-state index is 10.9. The minimum atomic E-state index is -0.856. The summed E-state index contributed by atoms with van der Waals surface area (Å²) in [6.07, 6.45) is 4.69. The monoisotopic (exact) mass is 309 g/mol. The summed E-state index contributed by atoms with van der Waals surface area (Å²) >= 11 is 0. The molecule has 0 saturated heterocycles. The molecule has 1 fully saturated rings. The topological polar surface area (TPSA) is 49.3 Å². The molecule has 3 nitrogen and oxygen atoms in total. The van der Waals surface area contributed by atoms with Crippen molar-refractivity contribution < 1.29 is 9.90 Å². The molecule has 120 valence electrons. The van der Waals surface area contributed by atoms with E-state index in [1.54, 1.807) is 12.1 Å². The average Bonchev–Trinajstić information content (AvgIpc) is 2.61. The van der Waals surface area contributed by atoms with Crippen LogP contribution in [0.15, 0.2) is 54.6 Å². The fourth-order valence-corrected chi connectivity index (χ4v) is 3.39. The largest absolute Gasteiger partial charge is 0.478 e. The Morgan fingerprint density at radius 2 is 1.61 bits per heavy atom. The minimum Gasteiger partial charge on any atom is -0.478 e. The summed E-state index contributed by atoms with van der Waals surface area (Å²) in [7, 11) is 0. The smallest absolute Gasteiger partial charge is 0.335 e. The molecule has 1 saturated carbocycles. The Bertz CT molecular complexity index is 628. The van der Waals surface area contributed by atoms with Crippen molar-refractivity contribution in [1.82, 2.24) is 5.32 Å². The number of carbonyl (C=O) groups is 1. The van der Waals surface area contributed by atoms with Crippen LogP contribution in [-0.2, 0) is 6.54 Å². The first-order valence-electron chi connectivity index (χ1n) is 8.33. The molecule has 0 unspecified atom stereocenters. The van der Waals surface area contributed by atoms with E-state index in [-0.39, 0.29) is 0 Å². The third-order valence-electron chi connectivity index (χ3n) is 4.79. The van der Waals surface area contributed by atoms with Crippen molar-refractivity contribution >= 4 is 5.97 Å². The molecule has 1 aliphatic rings. The summed E-state index contributed by atoms with van der Waals surface area (Å²) in [5.74, 6) is -0.294. The standard InChI is InChI=1S/C20H23NO2/c22-20(23)18-8-6-16(7-9-18)17-10-12-19(13-11-17)21-14-15-4-2-1-3-5-15/h1-9,17,19,21H,10-14H2,(H,22,23). The van der Waals surface area contributed by atoms with Gasteiger partial charge in [-0.2, -0.15) is 0 Å². The van der Waals surface area contributed by atoms with Crippen molar-refractivity contribution in [2.75, 3.05) is 0 Å². The molecule has 2 N–H and O–H groups in total. The zero-order chi connectivity index (χ0) is 16.1. The molecule has 0 spiro atoms. The van der Waals surface area contributed by atoms with Crippen LogP contribution in [0.3, 0.4) is 0 Å². The van der Waals surface area contributed by atoms with Crippen LogP contribution in [0.5, 0.6) is 0 Å². The van der Waals surface area contributed by atoms with Gasteiger partial charge in [0.15, 0.2) is 0 Å². The molecule has 0 atom stereocenters. The van der Waals surface area contributed by atoms with Crippen molar-refractivity contribution in [3.63, 3.8) is 0 Å². The van der Waals surface area contributed by atoms with Crippen LogP contribution in [0.4, 0.5) is 0 Å². The molecule has 0 amide bonds. The summed E-state index contributed by atoms with van der Waals surface area (Å²) in [6, 6.07) is 18.5. The van der Waals surface area contributed by atoms with Crippen LogP contribution < -0.4 is 5.32 Å². The second-order valence-corrected chi connectivity index (χ2v) is 6.34. The number of aromatic carboxylic acids is 1. The molecule has 2 aromatic carbocycles. The minimum absolute atomic E-state index is 0.368. The Morgan fingerprint density at radius 1 is 0.957 bits per heavy atom. The molecule has 0 aromatic heterocycles. The van der Waals surface area contributed by atoms with Crippen LogP contribution in [0.2, 0.25) is 0 Å². The normalized spacial score (nSPS) is 21.0. The summed E-state index contributed by atoms with van der Waals surface area (Å²) in [4.78, 5) is 10.9. The van der Waals surface area contributed by atoms with E-state index in [0.29, 0.717) is 17.5 Å². The Morgan fingerprint density at radius 3 is 2.22 bits per heavy atom. The highest BCUT2D eigenvalue weighted by atomic mass is 16.4. The quantitative estimate of drug-likeness (QED) is 0.870. The van der Waals surface area contributed by atoms with Crippen LogP contribution in [-0.4, -0.2) is 17.1 Å². The Balaban J connectivity index is 1.49. The zero-order valence-electron chi connectivity index (χ0n) is 13.2. The van der Waals surface area contributed by atoms with Gasteiger partial charge in [-0.1, -0.05) is 42.5 Å². The average molecular weight is 309 g/mol.